The summed E-state index contributed by atoms with van der Waals surface area (Å²) in [6.45, 7) is 0. The van der Waals surface area contributed by atoms with Crippen molar-refractivity contribution in [3.8, 4) is 56.7 Å². The van der Waals surface area contributed by atoms with Crippen molar-refractivity contribution < 1.29 is 17.6 Å². The van der Waals surface area contributed by atoms with Gasteiger partial charge in [0.1, 0.15) is 11.3 Å². The highest BCUT2D eigenvalue weighted by molar-refractivity contribution is 7.25. The molecule has 0 aliphatic carbocycles. The maximum Gasteiger partial charge on any atom is 0.418 e. The first kappa shape index (κ1) is 42.3. The molecule has 6 nitrogen and oxygen atoms in total. The van der Waals surface area contributed by atoms with Gasteiger partial charge in [0.15, 0.2) is 23.1 Å². The zero-order valence-corrected chi connectivity index (χ0v) is 39.8. The van der Waals surface area contributed by atoms with Crippen LogP contribution >= 0.6 is 11.3 Å². The van der Waals surface area contributed by atoms with Crippen molar-refractivity contribution in [1.29, 1.82) is 0 Å². The largest absolute Gasteiger partial charge is 0.454 e. The predicted octanol–water partition coefficient (Wildman–Crippen LogP) is 18.0. The molecule has 0 saturated heterocycles. The fraction of sp³-hybridized carbons (Fsp3) is 0.0156. The highest BCUT2D eigenvalue weighted by Gasteiger charge is 2.39. The average molecular weight is 980 g/mol. The summed E-state index contributed by atoms with van der Waals surface area (Å²) in [4.78, 5) is 14.8. The molecule has 0 amide bonds. The lowest BCUT2D eigenvalue weighted by atomic mass is 9.99. The minimum Gasteiger partial charge on any atom is -0.454 e. The van der Waals surface area contributed by atoms with E-state index in [2.05, 4.69) is 83.4 Å². The minimum absolute atomic E-state index is 0.0559. The third kappa shape index (κ3) is 6.48. The van der Waals surface area contributed by atoms with Gasteiger partial charge in [-0.3, -0.25) is 0 Å². The molecule has 74 heavy (non-hydrogen) atoms. The van der Waals surface area contributed by atoms with Crippen LogP contribution in [0.25, 0.3) is 142 Å². The van der Waals surface area contributed by atoms with Gasteiger partial charge in [0, 0.05) is 74.9 Å². The van der Waals surface area contributed by atoms with Crippen molar-refractivity contribution in [2.75, 3.05) is 0 Å². The van der Waals surface area contributed by atoms with Gasteiger partial charge in [-0.1, -0.05) is 146 Å². The number of furan rings is 1. The van der Waals surface area contributed by atoms with Gasteiger partial charge in [0.25, 0.3) is 0 Å². The van der Waals surface area contributed by atoms with Crippen molar-refractivity contribution in [1.82, 2.24) is 24.1 Å². The summed E-state index contributed by atoms with van der Waals surface area (Å²) in [5.41, 5.74) is 6.90. The summed E-state index contributed by atoms with van der Waals surface area (Å²) in [7, 11) is 0. The Labute approximate surface area is 423 Å². The Hall–Kier alpha value is -9.38. The van der Waals surface area contributed by atoms with Gasteiger partial charge in [-0.15, -0.1) is 11.3 Å². The molecule has 15 aromatic rings. The summed E-state index contributed by atoms with van der Waals surface area (Å²) >= 11 is 1.76. The summed E-state index contributed by atoms with van der Waals surface area (Å²) in [6, 6.07) is 71.0. The highest BCUT2D eigenvalue weighted by atomic mass is 32.1. The molecule has 10 aromatic carbocycles. The molecule has 0 aliphatic heterocycles. The molecule has 0 N–H and O–H groups in total. The number of para-hydroxylation sites is 3. The molecular weight excluding hydrogens is 944 g/mol. The Morgan fingerprint density at radius 3 is 1.66 bits per heavy atom. The van der Waals surface area contributed by atoms with Crippen LogP contribution in [0.3, 0.4) is 0 Å². The Morgan fingerprint density at radius 2 is 0.932 bits per heavy atom. The van der Waals surface area contributed by atoms with E-state index in [1.54, 1.807) is 22.0 Å². The monoisotopic (exact) mass is 979 g/mol. The smallest absolute Gasteiger partial charge is 0.418 e. The quantitative estimate of drug-likeness (QED) is 0.167. The second-order valence-electron chi connectivity index (χ2n) is 18.6. The normalized spacial score (nSPS) is 12.3. The van der Waals surface area contributed by atoms with Crippen LogP contribution in [-0.2, 0) is 6.18 Å². The Bertz CT molecular complexity index is 4710. The molecule has 0 aliphatic rings. The second kappa shape index (κ2) is 16.1. The van der Waals surface area contributed by atoms with E-state index >= 15 is 13.2 Å². The van der Waals surface area contributed by atoms with Crippen LogP contribution in [0.1, 0.15) is 5.56 Å². The molecule has 0 radical (unpaired) electrons. The van der Waals surface area contributed by atoms with Gasteiger partial charge < -0.3 is 13.6 Å². The number of benzene rings is 10. The molecule has 0 unspecified atom stereocenters. The molecule has 5 aromatic heterocycles. The van der Waals surface area contributed by atoms with Crippen LogP contribution in [0.5, 0.6) is 0 Å². The third-order valence-electron chi connectivity index (χ3n) is 14.4. The van der Waals surface area contributed by atoms with Gasteiger partial charge in [-0.25, -0.2) is 15.0 Å². The number of nitrogens with zero attached hydrogens (tertiary/aromatic N) is 5. The van der Waals surface area contributed by atoms with Crippen LogP contribution in [0.4, 0.5) is 13.2 Å². The van der Waals surface area contributed by atoms with E-state index in [-0.39, 0.29) is 22.7 Å². The Kier molecular flexibility index (Phi) is 9.19. The zero-order chi connectivity index (χ0) is 49.2. The van der Waals surface area contributed by atoms with Crippen molar-refractivity contribution in [2.45, 2.75) is 6.18 Å². The first-order valence-electron chi connectivity index (χ1n) is 24.2. The lowest BCUT2D eigenvalue weighted by Crippen LogP contribution is -2.12. The van der Waals surface area contributed by atoms with Crippen molar-refractivity contribution in [3.05, 3.63) is 224 Å². The van der Waals surface area contributed by atoms with Gasteiger partial charge in [0.2, 0.25) is 0 Å². The van der Waals surface area contributed by atoms with Gasteiger partial charge in [-0.2, -0.15) is 13.2 Å². The van der Waals surface area contributed by atoms with Gasteiger partial charge in [-0.05, 0) is 83.9 Å². The number of aromatic nitrogens is 5. The topological polar surface area (TPSA) is 61.7 Å². The number of halogens is 3. The maximum absolute atomic E-state index is 16.7. The van der Waals surface area contributed by atoms with E-state index in [1.807, 2.05) is 127 Å². The minimum atomic E-state index is -4.89. The van der Waals surface area contributed by atoms with Crippen LogP contribution in [0.2, 0.25) is 0 Å². The van der Waals surface area contributed by atoms with Crippen molar-refractivity contribution >= 4 is 97.1 Å². The first-order chi connectivity index (χ1) is 36.3. The van der Waals surface area contributed by atoms with E-state index < -0.39 is 11.7 Å². The summed E-state index contributed by atoms with van der Waals surface area (Å²) in [6.07, 6.45) is -4.89. The summed E-state index contributed by atoms with van der Waals surface area (Å²) < 4.78 is 63.2. The van der Waals surface area contributed by atoms with Crippen LogP contribution in [-0.4, -0.2) is 24.1 Å². The standard InChI is InChI=1S/C64H36F3N5OS/c65-64(66,67)50-35-49(63-69-61(37-16-4-1-5-17-37)68-62(70-63)38-18-6-2-7-19-38)58-44-24-11-14-26-55(44)73-60(58)59(50)72-52-30-28-39(40-29-31-57-48(33-40)43-23-12-15-27-56(43)74-57)32-45(52)47-34-46-42-22-10-13-25-51(42)71(53(46)36-54(47)72)41-20-8-3-9-21-41/h1-36H. The van der Waals surface area contributed by atoms with E-state index in [0.717, 1.165) is 54.8 Å². The number of rotatable bonds is 6. The Balaban J connectivity index is 1.08. The number of thiophene rings is 1. The van der Waals surface area contributed by atoms with Crippen LogP contribution < -0.4 is 0 Å². The van der Waals surface area contributed by atoms with Crippen molar-refractivity contribution in [2.24, 2.45) is 0 Å². The molecule has 5 heterocycles. The van der Waals surface area contributed by atoms with E-state index in [4.69, 9.17) is 19.4 Å². The second-order valence-corrected chi connectivity index (χ2v) is 19.7. The SMILES string of the molecule is FC(F)(F)c1cc(-c2nc(-c3ccccc3)nc(-c3ccccc3)n2)c2c(oc3ccccc32)c1-n1c2ccc(-c3ccc4sc5ccccc5c4c3)cc2c2cc3c4ccccc4n(-c4ccccc4)c3cc21. The van der Waals surface area contributed by atoms with E-state index in [0.29, 0.717) is 50.2 Å². The van der Waals surface area contributed by atoms with Crippen LogP contribution in [0, 0.1) is 0 Å². The van der Waals surface area contributed by atoms with Crippen molar-refractivity contribution in [3.63, 3.8) is 0 Å². The first-order valence-corrected chi connectivity index (χ1v) is 25.1. The fourth-order valence-electron chi connectivity index (χ4n) is 11.1. The van der Waals surface area contributed by atoms with Crippen LogP contribution in [0.15, 0.2) is 223 Å². The molecule has 15 rings (SSSR count). The molecule has 0 bridgehead atoms. The van der Waals surface area contributed by atoms with E-state index in [9.17, 15) is 0 Å². The molecule has 0 fully saturated rings. The number of hydrogen-bond donors (Lipinski definition) is 0. The Morgan fingerprint density at radius 1 is 0.392 bits per heavy atom. The van der Waals surface area contributed by atoms with E-state index in [1.165, 1.54) is 20.9 Å². The summed E-state index contributed by atoms with van der Waals surface area (Å²) in [5.74, 6) is 0.744. The van der Waals surface area contributed by atoms with Gasteiger partial charge in [0.05, 0.1) is 27.6 Å². The highest BCUT2D eigenvalue weighted by Crippen LogP contribution is 2.50. The molecule has 0 saturated carbocycles. The lowest BCUT2D eigenvalue weighted by molar-refractivity contribution is -0.137. The average Bonchev–Trinajstić information content (AvgIpc) is 4.27. The molecular formula is C64H36F3N5OS. The molecule has 10 heteroatoms. The molecule has 0 atom stereocenters. The number of fused-ring (bicyclic) bond motifs is 12. The molecule has 0 spiro atoms. The third-order valence-corrected chi connectivity index (χ3v) is 15.5. The fourth-order valence-corrected chi connectivity index (χ4v) is 12.2. The number of alkyl halides is 3. The predicted molar refractivity (Wildman–Crippen MR) is 295 cm³/mol. The number of hydrogen-bond acceptors (Lipinski definition) is 5. The zero-order valence-electron chi connectivity index (χ0n) is 39.0. The lowest BCUT2D eigenvalue weighted by Gasteiger charge is -2.19. The maximum atomic E-state index is 16.7. The summed E-state index contributed by atoms with van der Waals surface area (Å²) in [5, 5.41) is 7.03. The van der Waals surface area contributed by atoms with Gasteiger partial charge >= 0.3 is 6.18 Å². The molecule has 350 valence electrons.